The van der Waals surface area contributed by atoms with E-state index in [-0.39, 0.29) is 28.1 Å². The van der Waals surface area contributed by atoms with Crippen molar-refractivity contribution in [2.45, 2.75) is 50.5 Å². The SMILES string of the molecule is CCS(=O)(=O)c1ccc(O)c(NC(=O)c2cc(C3CC3)nc3c2cnn3C(C)C)c1. The molecule has 1 aromatic carbocycles. The van der Waals surface area contributed by atoms with E-state index in [9.17, 15) is 18.3 Å². The summed E-state index contributed by atoms with van der Waals surface area (Å²) in [7, 11) is -3.47. The van der Waals surface area contributed by atoms with Crippen LogP contribution in [-0.2, 0) is 9.84 Å². The van der Waals surface area contributed by atoms with E-state index < -0.39 is 15.7 Å². The molecule has 2 heterocycles. The number of fused-ring (bicyclic) bond motifs is 1. The van der Waals surface area contributed by atoms with E-state index in [0.717, 1.165) is 18.5 Å². The number of phenols is 1. The van der Waals surface area contributed by atoms with Gasteiger partial charge in [0, 0.05) is 17.7 Å². The second-order valence-electron chi connectivity index (χ2n) is 7.83. The predicted molar refractivity (Wildman–Crippen MR) is 114 cm³/mol. The summed E-state index contributed by atoms with van der Waals surface area (Å²) >= 11 is 0. The van der Waals surface area contributed by atoms with Crippen molar-refractivity contribution in [3.05, 3.63) is 41.7 Å². The van der Waals surface area contributed by atoms with E-state index in [0.29, 0.717) is 22.5 Å². The molecule has 0 atom stereocenters. The molecule has 8 nitrogen and oxygen atoms in total. The highest BCUT2D eigenvalue weighted by molar-refractivity contribution is 7.91. The maximum Gasteiger partial charge on any atom is 0.256 e. The van der Waals surface area contributed by atoms with Gasteiger partial charge in [0.05, 0.1) is 33.5 Å². The van der Waals surface area contributed by atoms with E-state index in [1.54, 1.807) is 23.9 Å². The minimum absolute atomic E-state index is 0.0451. The van der Waals surface area contributed by atoms with Gasteiger partial charge < -0.3 is 10.4 Å². The number of hydrogen-bond donors (Lipinski definition) is 2. The van der Waals surface area contributed by atoms with Gasteiger partial charge in [-0.25, -0.2) is 18.1 Å². The first-order valence-corrected chi connectivity index (χ1v) is 11.6. The van der Waals surface area contributed by atoms with Crippen LogP contribution in [0.25, 0.3) is 11.0 Å². The summed E-state index contributed by atoms with van der Waals surface area (Å²) in [5, 5.41) is 17.8. The Morgan fingerprint density at radius 3 is 2.67 bits per heavy atom. The third kappa shape index (κ3) is 3.65. The number of amides is 1. The van der Waals surface area contributed by atoms with Crippen molar-refractivity contribution in [3.8, 4) is 5.75 Å². The molecule has 0 aliphatic heterocycles. The molecule has 0 radical (unpaired) electrons. The Hall–Kier alpha value is -2.94. The molecule has 3 aromatic rings. The number of nitrogens with one attached hydrogen (secondary N) is 1. The number of carbonyl (C=O) groups excluding carboxylic acids is 1. The highest BCUT2D eigenvalue weighted by Gasteiger charge is 2.28. The fraction of sp³-hybridized carbons (Fsp3) is 0.381. The largest absolute Gasteiger partial charge is 0.506 e. The third-order valence-corrected chi connectivity index (χ3v) is 7.00. The Bertz CT molecular complexity index is 1240. The zero-order chi connectivity index (χ0) is 21.6. The lowest BCUT2D eigenvalue weighted by molar-refractivity contribution is 0.102. The normalized spacial score (nSPS) is 14.4. The second-order valence-corrected chi connectivity index (χ2v) is 10.1. The molecule has 0 unspecified atom stereocenters. The number of pyridine rings is 1. The lowest BCUT2D eigenvalue weighted by Crippen LogP contribution is -2.14. The minimum Gasteiger partial charge on any atom is -0.506 e. The maximum atomic E-state index is 13.1. The summed E-state index contributed by atoms with van der Waals surface area (Å²) in [6.45, 7) is 5.53. The van der Waals surface area contributed by atoms with Crippen molar-refractivity contribution in [3.63, 3.8) is 0 Å². The molecular formula is C21H24N4O4S. The lowest BCUT2D eigenvalue weighted by atomic mass is 10.1. The van der Waals surface area contributed by atoms with Gasteiger partial charge in [0.2, 0.25) is 0 Å². The molecule has 4 rings (SSSR count). The van der Waals surface area contributed by atoms with Crippen LogP contribution in [0.15, 0.2) is 35.4 Å². The zero-order valence-corrected chi connectivity index (χ0v) is 17.9. The summed E-state index contributed by atoms with van der Waals surface area (Å²) in [4.78, 5) is 17.9. The van der Waals surface area contributed by atoms with E-state index in [2.05, 4.69) is 10.4 Å². The van der Waals surface area contributed by atoms with Crippen LogP contribution in [0.3, 0.4) is 0 Å². The van der Waals surface area contributed by atoms with Crippen molar-refractivity contribution in [1.82, 2.24) is 14.8 Å². The first-order chi connectivity index (χ1) is 14.2. The van der Waals surface area contributed by atoms with Gasteiger partial charge in [0.25, 0.3) is 5.91 Å². The van der Waals surface area contributed by atoms with Crippen molar-refractivity contribution in [2.75, 3.05) is 11.1 Å². The van der Waals surface area contributed by atoms with Gasteiger partial charge in [-0.1, -0.05) is 6.92 Å². The molecule has 0 saturated heterocycles. The summed E-state index contributed by atoms with van der Waals surface area (Å²) in [6.07, 6.45) is 3.69. The summed E-state index contributed by atoms with van der Waals surface area (Å²) in [5.41, 5.74) is 1.94. The van der Waals surface area contributed by atoms with Gasteiger partial charge in [-0.15, -0.1) is 0 Å². The molecule has 158 valence electrons. The summed E-state index contributed by atoms with van der Waals surface area (Å²) in [5.74, 6) is -0.393. The molecule has 1 saturated carbocycles. The van der Waals surface area contributed by atoms with Crippen LogP contribution >= 0.6 is 0 Å². The predicted octanol–water partition coefficient (Wildman–Crippen LogP) is 3.64. The van der Waals surface area contributed by atoms with E-state index in [4.69, 9.17) is 4.98 Å². The van der Waals surface area contributed by atoms with Crippen LogP contribution in [0.1, 0.15) is 61.6 Å². The topological polar surface area (TPSA) is 114 Å². The number of aromatic hydroxyl groups is 1. The van der Waals surface area contributed by atoms with E-state index in [1.807, 2.05) is 13.8 Å². The minimum atomic E-state index is -3.47. The Labute approximate surface area is 174 Å². The number of nitrogens with zero attached hydrogens (tertiary/aromatic N) is 3. The monoisotopic (exact) mass is 428 g/mol. The fourth-order valence-corrected chi connectivity index (χ4v) is 4.26. The number of anilines is 1. The highest BCUT2D eigenvalue weighted by Crippen LogP contribution is 2.40. The number of rotatable bonds is 6. The molecule has 2 aromatic heterocycles. The maximum absolute atomic E-state index is 13.1. The Balaban J connectivity index is 1.76. The molecule has 0 spiro atoms. The molecule has 2 N–H and O–H groups in total. The average Bonchev–Trinajstić information content (AvgIpc) is 3.47. The average molecular weight is 429 g/mol. The first-order valence-electron chi connectivity index (χ1n) is 9.96. The quantitative estimate of drug-likeness (QED) is 0.580. The Morgan fingerprint density at radius 1 is 1.30 bits per heavy atom. The zero-order valence-electron chi connectivity index (χ0n) is 17.1. The number of phenolic OH excluding ortho intramolecular Hbond substituents is 1. The number of sulfone groups is 1. The van der Waals surface area contributed by atoms with Gasteiger partial charge in [0.15, 0.2) is 15.5 Å². The van der Waals surface area contributed by atoms with E-state index in [1.165, 1.54) is 18.2 Å². The van der Waals surface area contributed by atoms with Crippen LogP contribution in [0.4, 0.5) is 5.69 Å². The molecular weight excluding hydrogens is 404 g/mol. The molecule has 1 aliphatic carbocycles. The highest BCUT2D eigenvalue weighted by atomic mass is 32.2. The Kier molecular flexibility index (Phi) is 5.01. The van der Waals surface area contributed by atoms with Gasteiger partial charge in [0.1, 0.15) is 5.75 Å². The molecule has 30 heavy (non-hydrogen) atoms. The number of carbonyl (C=O) groups is 1. The van der Waals surface area contributed by atoms with E-state index >= 15 is 0 Å². The van der Waals surface area contributed by atoms with Gasteiger partial charge >= 0.3 is 0 Å². The van der Waals surface area contributed by atoms with Gasteiger partial charge in [-0.2, -0.15) is 5.10 Å². The first kappa shape index (κ1) is 20.3. The fourth-order valence-electron chi connectivity index (χ4n) is 3.36. The summed E-state index contributed by atoms with van der Waals surface area (Å²) in [6, 6.07) is 5.73. The molecule has 0 bridgehead atoms. The smallest absolute Gasteiger partial charge is 0.256 e. The van der Waals surface area contributed by atoms with Crippen LogP contribution in [0.5, 0.6) is 5.75 Å². The number of hydrogen-bond acceptors (Lipinski definition) is 6. The van der Waals surface area contributed by atoms with Crippen LogP contribution < -0.4 is 5.32 Å². The van der Waals surface area contributed by atoms with Crippen molar-refractivity contribution < 1.29 is 18.3 Å². The Morgan fingerprint density at radius 2 is 2.03 bits per heavy atom. The molecule has 1 fully saturated rings. The van der Waals surface area contributed by atoms with Crippen molar-refractivity contribution in [2.24, 2.45) is 0 Å². The van der Waals surface area contributed by atoms with Crippen molar-refractivity contribution >= 4 is 32.5 Å². The molecule has 1 aliphatic rings. The van der Waals surface area contributed by atoms with Crippen LogP contribution in [0.2, 0.25) is 0 Å². The van der Waals surface area contributed by atoms with Crippen LogP contribution in [-0.4, -0.2) is 39.9 Å². The number of benzene rings is 1. The van der Waals surface area contributed by atoms with Crippen molar-refractivity contribution in [1.29, 1.82) is 0 Å². The van der Waals surface area contributed by atoms with Gasteiger partial charge in [-0.05, 0) is 51.0 Å². The molecule has 9 heteroatoms. The van der Waals surface area contributed by atoms with Crippen LogP contribution in [0, 0.1) is 0 Å². The lowest BCUT2D eigenvalue weighted by Gasteiger charge is -2.12. The third-order valence-electron chi connectivity index (χ3n) is 5.27. The summed E-state index contributed by atoms with van der Waals surface area (Å²) < 4.78 is 26.1. The molecule has 1 amide bonds. The number of aromatic nitrogens is 3. The van der Waals surface area contributed by atoms with Gasteiger partial charge in [-0.3, -0.25) is 4.79 Å². The standard InChI is InChI=1S/C21H24N4O4S/c1-4-30(28,29)14-7-8-19(26)18(9-14)24-21(27)15-10-17(13-5-6-13)23-20-16(15)11-22-25(20)12(2)3/h7-13,26H,4-6H2,1-3H3,(H,24,27). The second kappa shape index (κ2) is 7.39.